The maximum absolute atomic E-state index is 13.1. The Morgan fingerprint density at radius 1 is 0.938 bits per heavy atom. The van der Waals surface area contributed by atoms with E-state index >= 15 is 0 Å². The Morgan fingerprint density at radius 2 is 1.53 bits per heavy atom. The number of nitrogens with one attached hydrogen (secondary N) is 2. The number of amides is 4. The molecular weight excluding hydrogens is 449 g/mol. The summed E-state index contributed by atoms with van der Waals surface area (Å²) in [7, 11) is 0. The molecule has 1 heterocycles. The molecule has 0 saturated carbocycles. The highest BCUT2D eigenvalue weighted by Gasteiger charge is 2.28. The second-order valence-corrected chi connectivity index (χ2v) is 8.22. The minimum atomic E-state index is -0.435. The van der Waals surface area contributed by atoms with E-state index in [0.29, 0.717) is 21.2 Å². The Morgan fingerprint density at radius 3 is 2.06 bits per heavy atom. The van der Waals surface area contributed by atoms with Crippen molar-refractivity contribution in [1.82, 2.24) is 15.5 Å². The van der Waals surface area contributed by atoms with Crippen molar-refractivity contribution in [2.45, 2.75) is 12.6 Å². The van der Waals surface area contributed by atoms with E-state index in [1.807, 2.05) is 24.3 Å². The predicted molar refractivity (Wildman–Crippen MR) is 123 cm³/mol. The molecule has 8 heteroatoms. The molecule has 0 atom stereocenters. The van der Waals surface area contributed by atoms with Crippen molar-refractivity contribution in [1.29, 1.82) is 0 Å². The van der Waals surface area contributed by atoms with E-state index < -0.39 is 12.1 Å². The van der Waals surface area contributed by atoms with Crippen LogP contribution in [0.2, 0.25) is 10.0 Å². The van der Waals surface area contributed by atoms with Gasteiger partial charge in [-0.05, 0) is 53.1 Å². The Labute approximate surface area is 195 Å². The summed E-state index contributed by atoms with van der Waals surface area (Å²) in [6.45, 7) is 0.0897. The molecule has 0 bridgehead atoms. The molecule has 1 saturated heterocycles. The van der Waals surface area contributed by atoms with Crippen LogP contribution >= 0.6 is 23.2 Å². The van der Waals surface area contributed by atoms with Crippen molar-refractivity contribution in [3.8, 4) is 0 Å². The van der Waals surface area contributed by atoms with Crippen LogP contribution in [0, 0.1) is 0 Å². The molecule has 4 amide bonds. The molecule has 2 N–H and O–H groups in total. The fourth-order valence-corrected chi connectivity index (χ4v) is 3.74. The molecule has 0 radical (unpaired) electrons. The van der Waals surface area contributed by atoms with E-state index in [1.54, 1.807) is 48.5 Å². The molecule has 0 unspecified atom stereocenters. The second-order valence-electron chi connectivity index (χ2n) is 7.35. The first-order chi connectivity index (χ1) is 15.4. The predicted octanol–water partition coefficient (Wildman–Crippen LogP) is 4.56. The third kappa shape index (κ3) is 4.93. The van der Waals surface area contributed by atoms with E-state index in [0.717, 1.165) is 16.0 Å². The van der Waals surface area contributed by atoms with Crippen LogP contribution in [-0.2, 0) is 11.3 Å². The van der Waals surface area contributed by atoms with Crippen molar-refractivity contribution in [3.05, 3.63) is 105 Å². The van der Waals surface area contributed by atoms with Crippen LogP contribution < -0.4 is 10.6 Å². The number of carbonyl (C=O) groups is 3. The monoisotopic (exact) mass is 467 g/mol. The van der Waals surface area contributed by atoms with Gasteiger partial charge in [0, 0.05) is 15.6 Å². The molecule has 1 fully saturated rings. The summed E-state index contributed by atoms with van der Waals surface area (Å²) >= 11 is 12.1. The number of hydrogen-bond donors (Lipinski definition) is 2. The molecule has 0 spiro atoms. The fraction of sp³-hybridized carbons (Fsp3) is 0.125. The number of hydrogen-bond acceptors (Lipinski definition) is 3. The van der Waals surface area contributed by atoms with E-state index in [2.05, 4.69) is 10.6 Å². The van der Waals surface area contributed by atoms with Crippen LogP contribution in [0.15, 0.2) is 72.8 Å². The molecule has 32 heavy (non-hydrogen) atoms. The van der Waals surface area contributed by atoms with Crippen LogP contribution in [0.5, 0.6) is 0 Å². The number of rotatable bonds is 6. The van der Waals surface area contributed by atoms with Gasteiger partial charge >= 0.3 is 6.03 Å². The summed E-state index contributed by atoms with van der Waals surface area (Å²) < 4.78 is 0. The molecule has 1 aliphatic rings. The molecule has 4 rings (SSSR count). The van der Waals surface area contributed by atoms with Crippen molar-refractivity contribution in [2.24, 2.45) is 0 Å². The standard InChI is InChI=1S/C24H19Cl2N3O3/c25-19-8-4-16(5-9-19)22(17-6-10-20(26)11-7-17)28-23(31)18-3-1-2-15(12-18)14-29-21(30)13-27-24(29)32/h1-12,22H,13-14H2,(H,27,32)(H,28,31). The van der Waals surface area contributed by atoms with E-state index in [-0.39, 0.29) is 24.9 Å². The molecule has 162 valence electrons. The number of halogens is 2. The molecule has 3 aromatic rings. The lowest BCUT2D eigenvalue weighted by molar-refractivity contribution is -0.125. The summed E-state index contributed by atoms with van der Waals surface area (Å²) in [4.78, 5) is 37.9. The quantitative estimate of drug-likeness (QED) is 0.521. The first kappa shape index (κ1) is 21.9. The summed E-state index contributed by atoms with van der Waals surface area (Å²) in [5.41, 5.74) is 2.82. The van der Waals surface area contributed by atoms with Gasteiger partial charge in [-0.25, -0.2) is 4.79 Å². The number of urea groups is 1. The molecular formula is C24H19Cl2N3O3. The molecule has 1 aliphatic heterocycles. The molecule has 0 aromatic heterocycles. The first-order valence-corrected chi connectivity index (χ1v) is 10.7. The zero-order valence-electron chi connectivity index (χ0n) is 16.8. The van der Waals surface area contributed by atoms with Crippen LogP contribution in [0.25, 0.3) is 0 Å². The largest absolute Gasteiger partial charge is 0.341 e. The Bertz CT molecular complexity index is 1100. The van der Waals surface area contributed by atoms with Gasteiger partial charge in [0.2, 0.25) is 5.91 Å². The van der Waals surface area contributed by atoms with E-state index in [9.17, 15) is 14.4 Å². The van der Waals surface area contributed by atoms with Crippen molar-refractivity contribution in [3.63, 3.8) is 0 Å². The fourth-order valence-electron chi connectivity index (χ4n) is 3.49. The van der Waals surface area contributed by atoms with Crippen molar-refractivity contribution < 1.29 is 14.4 Å². The Kier molecular flexibility index (Phi) is 6.44. The van der Waals surface area contributed by atoms with E-state index in [4.69, 9.17) is 23.2 Å². The van der Waals surface area contributed by atoms with Gasteiger partial charge in [-0.1, -0.05) is 59.6 Å². The van der Waals surface area contributed by atoms with Crippen molar-refractivity contribution in [2.75, 3.05) is 6.54 Å². The van der Waals surface area contributed by atoms with Gasteiger partial charge in [0.25, 0.3) is 5.91 Å². The lowest BCUT2D eigenvalue weighted by Crippen LogP contribution is -2.31. The SMILES string of the molecule is O=C(NC(c1ccc(Cl)cc1)c1ccc(Cl)cc1)c1cccc(CN2C(=O)CNC2=O)c1. The highest BCUT2D eigenvalue weighted by atomic mass is 35.5. The normalized spacial score (nSPS) is 13.4. The van der Waals surface area contributed by atoms with Gasteiger partial charge in [-0.3, -0.25) is 14.5 Å². The van der Waals surface area contributed by atoms with Gasteiger partial charge in [0.1, 0.15) is 0 Å². The van der Waals surface area contributed by atoms with E-state index in [1.165, 1.54) is 0 Å². The third-order valence-electron chi connectivity index (χ3n) is 5.15. The number of benzene rings is 3. The third-order valence-corrected chi connectivity index (χ3v) is 5.65. The highest BCUT2D eigenvalue weighted by Crippen LogP contribution is 2.25. The Balaban J connectivity index is 1.58. The maximum Gasteiger partial charge on any atom is 0.324 e. The van der Waals surface area contributed by atoms with Gasteiger partial charge in [-0.2, -0.15) is 0 Å². The van der Waals surface area contributed by atoms with Gasteiger partial charge in [0.15, 0.2) is 0 Å². The second kappa shape index (κ2) is 9.42. The van der Waals surface area contributed by atoms with Crippen LogP contribution in [-0.4, -0.2) is 29.3 Å². The number of nitrogens with zero attached hydrogens (tertiary/aromatic N) is 1. The summed E-state index contributed by atoms with van der Waals surface area (Å²) in [6, 6.07) is 20.5. The van der Waals surface area contributed by atoms with Gasteiger partial charge in [-0.15, -0.1) is 0 Å². The number of imide groups is 1. The van der Waals surface area contributed by atoms with Gasteiger partial charge < -0.3 is 10.6 Å². The number of carbonyl (C=O) groups excluding carboxylic acids is 3. The lowest BCUT2D eigenvalue weighted by Gasteiger charge is -2.20. The summed E-state index contributed by atoms with van der Waals surface area (Å²) in [5.74, 6) is -0.589. The molecule has 0 aliphatic carbocycles. The minimum Gasteiger partial charge on any atom is -0.341 e. The lowest BCUT2D eigenvalue weighted by atomic mass is 9.98. The Hall–Kier alpha value is -3.35. The average molecular weight is 468 g/mol. The topological polar surface area (TPSA) is 78.5 Å². The zero-order valence-corrected chi connectivity index (χ0v) is 18.4. The molecule has 6 nitrogen and oxygen atoms in total. The smallest absolute Gasteiger partial charge is 0.324 e. The first-order valence-electron chi connectivity index (χ1n) is 9.89. The average Bonchev–Trinajstić information content (AvgIpc) is 3.11. The zero-order chi connectivity index (χ0) is 22.7. The van der Waals surface area contributed by atoms with Gasteiger partial charge in [0.05, 0.1) is 19.1 Å². The summed E-state index contributed by atoms with van der Waals surface area (Å²) in [6.07, 6.45) is 0. The van der Waals surface area contributed by atoms with Crippen LogP contribution in [0.1, 0.15) is 33.1 Å². The minimum absolute atomic E-state index is 0.0110. The van der Waals surface area contributed by atoms with Crippen molar-refractivity contribution >= 4 is 41.0 Å². The summed E-state index contributed by atoms with van der Waals surface area (Å²) in [5, 5.41) is 6.75. The maximum atomic E-state index is 13.1. The molecule has 3 aromatic carbocycles. The van der Waals surface area contributed by atoms with Crippen LogP contribution in [0.3, 0.4) is 0 Å². The highest BCUT2D eigenvalue weighted by molar-refractivity contribution is 6.30. The van der Waals surface area contributed by atoms with Crippen LogP contribution in [0.4, 0.5) is 4.79 Å².